The number of allylic oxidation sites excluding steroid dienone is 26. The molecule has 0 saturated heterocycles. The Labute approximate surface area is 541 Å². The van der Waals surface area contributed by atoms with Crippen molar-refractivity contribution < 1.29 is 42.1 Å². The van der Waals surface area contributed by atoms with E-state index in [9.17, 15) is 19.0 Å². The monoisotopic (exact) mass is 1240 g/mol. The number of unbranched alkanes of at least 4 members (excludes halogenated alkanes) is 23. The highest BCUT2D eigenvalue weighted by atomic mass is 31.2. The van der Waals surface area contributed by atoms with Crippen LogP contribution in [0.3, 0.4) is 0 Å². The van der Waals surface area contributed by atoms with Gasteiger partial charge in [-0.1, -0.05) is 287 Å². The van der Waals surface area contributed by atoms with Crippen LogP contribution in [-0.2, 0) is 32.7 Å². The van der Waals surface area contributed by atoms with Crippen LogP contribution >= 0.6 is 7.82 Å². The zero-order chi connectivity index (χ0) is 64.1. The van der Waals surface area contributed by atoms with Gasteiger partial charge in [0.05, 0.1) is 27.7 Å². The third kappa shape index (κ3) is 70.7. The van der Waals surface area contributed by atoms with Gasteiger partial charge in [-0.25, -0.2) is 0 Å². The summed E-state index contributed by atoms with van der Waals surface area (Å²) in [7, 11) is 1.12. The SMILES string of the molecule is CC/C=C\C/C=C\C/C=C\C/C=C\C/C=C\C/C=C\C/C=C\C/C=C\C/C=C\C/C=C\CCCCC(=O)OC(COC(=O)CCCCCCCCCCCCCCCCCC/C=C\C/C=C\C/C=C\CCCCCCC)COP(=O)([O-])OCC[N+](C)(C)C. The quantitative estimate of drug-likeness (QED) is 0.0195. The van der Waals surface area contributed by atoms with Gasteiger partial charge in [0.1, 0.15) is 19.8 Å². The minimum atomic E-state index is -4.67. The lowest BCUT2D eigenvalue weighted by atomic mass is 10.0. The van der Waals surface area contributed by atoms with Gasteiger partial charge in [0.15, 0.2) is 6.10 Å². The fourth-order valence-corrected chi connectivity index (χ4v) is 9.89. The summed E-state index contributed by atoms with van der Waals surface area (Å²) in [6.07, 6.45) is 100. The Kier molecular flexibility index (Phi) is 63.7. The molecule has 2 unspecified atom stereocenters. The molecule has 0 radical (unpaired) electrons. The van der Waals surface area contributed by atoms with Gasteiger partial charge in [-0.2, -0.15) is 0 Å². The summed E-state index contributed by atoms with van der Waals surface area (Å²) in [6.45, 7) is 4.06. The van der Waals surface area contributed by atoms with E-state index in [1.165, 1.54) is 128 Å². The molecule has 0 aliphatic carbocycles. The number of ether oxygens (including phenoxy) is 2. The highest BCUT2D eigenvalue weighted by molar-refractivity contribution is 7.45. The second-order valence-corrected chi connectivity index (χ2v) is 25.6. The fraction of sp³-hybridized carbons (Fsp3) is 0.641. The summed E-state index contributed by atoms with van der Waals surface area (Å²) >= 11 is 0. The summed E-state index contributed by atoms with van der Waals surface area (Å²) in [5, 5.41) is 0. The Morgan fingerprint density at radius 2 is 0.648 bits per heavy atom. The van der Waals surface area contributed by atoms with E-state index in [0.29, 0.717) is 17.4 Å². The van der Waals surface area contributed by atoms with Crippen LogP contribution in [0, 0.1) is 0 Å². The van der Waals surface area contributed by atoms with Crippen molar-refractivity contribution in [3.63, 3.8) is 0 Å². The Bertz CT molecular complexity index is 2040. The van der Waals surface area contributed by atoms with Crippen molar-refractivity contribution >= 4 is 19.8 Å². The van der Waals surface area contributed by atoms with Gasteiger partial charge in [0.2, 0.25) is 0 Å². The van der Waals surface area contributed by atoms with Crippen LogP contribution in [0.5, 0.6) is 0 Å². The first-order valence-electron chi connectivity index (χ1n) is 35.2. The molecule has 0 aromatic heterocycles. The second kappa shape index (κ2) is 67.0. The summed E-state index contributed by atoms with van der Waals surface area (Å²) in [4.78, 5) is 38.1. The molecule has 0 heterocycles. The minimum absolute atomic E-state index is 0.0475. The number of quaternary nitrogens is 1. The van der Waals surface area contributed by atoms with Gasteiger partial charge >= 0.3 is 11.9 Å². The number of hydrogen-bond acceptors (Lipinski definition) is 8. The maximum atomic E-state index is 12.8. The van der Waals surface area contributed by atoms with Crippen LogP contribution in [0.2, 0.25) is 0 Å². The Morgan fingerprint density at radius 3 is 0.989 bits per heavy atom. The number of likely N-dealkylation sites (N-methyl/N-ethyl adjacent to an activating group) is 1. The molecular weight excluding hydrogens is 1110 g/mol. The highest BCUT2D eigenvalue weighted by Crippen LogP contribution is 2.38. The molecular formula is C78H130NO8P. The van der Waals surface area contributed by atoms with Gasteiger partial charge in [-0.05, 0) is 128 Å². The van der Waals surface area contributed by atoms with E-state index in [0.717, 1.165) is 109 Å². The van der Waals surface area contributed by atoms with Crippen LogP contribution in [-0.4, -0.2) is 70.0 Å². The molecule has 0 aliphatic heterocycles. The van der Waals surface area contributed by atoms with Gasteiger partial charge in [0.25, 0.3) is 7.82 Å². The van der Waals surface area contributed by atoms with Crippen molar-refractivity contribution in [1.82, 2.24) is 0 Å². The molecule has 0 saturated carbocycles. The van der Waals surface area contributed by atoms with Gasteiger partial charge in [-0.3, -0.25) is 14.2 Å². The van der Waals surface area contributed by atoms with E-state index in [4.69, 9.17) is 18.5 Å². The van der Waals surface area contributed by atoms with Crippen LogP contribution in [0.1, 0.15) is 271 Å². The summed E-state index contributed by atoms with van der Waals surface area (Å²) in [5.41, 5.74) is 0. The van der Waals surface area contributed by atoms with Crippen molar-refractivity contribution in [3.05, 3.63) is 158 Å². The Morgan fingerprint density at radius 1 is 0.364 bits per heavy atom. The van der Waals surface area contributed by atoms with Crippen molar-refractivity contribution in [2.75, 3.05) is 47.5 Å². The molecule has 9 nitrogen and oxygen atoms in total. The molecule has 0 aromatic carbocycles. The van der Waals surface area contributed by atoms with Crippen molar-refractivity contribution in [3.8, 4) is 0 Å². The maximum Gasteiger partial charge on any atom is 0.306 e. The number of carbonyl (C=O) groups excluding carboxylic acids is 2. The number of rotatable bonds is 63. The highest BCUT2D eigenvalue weighted by Gasteiger charge is 2.22. The molecule has 500 valence electrons. The number of carbonyl (C=O) groups is 2. The summed E-state index contributed by atoms with van der Waals surface area (Å²) in [5.74, 6) is -0.891. The molecule has 2 atom stereocenters. The largest absolute Gasteiger partial charge is 0.756 e. The third-order valence-electron chi connectivity index (χ3n) is 14.5. The van der Waals surface area contributed by atoms with Gasteiger partial charge < -0.3 is 27.9 Å². The zero-order valence-corrected chi connectivity index (χ0v) is 57.8. The predicted molar refractivity (Wildman–Crippen MR) is 378 cm³/mol. The van der Waals surface area contributed by atoms with E-state index in [1.807, 2.05) is 21.1 Å². The van der Waals surface area contributed by atoms with Crippen molar-refractivity contribution in [1.29, 1.82) is 0 Å². The molecule has 10 heteroatoms. The lowest BCUT2D eigenvalue weighted by Gasteiger charge is -2.28. The number of hydrogen-bond donors (Lipinski definition) is 0. The van der Waals surface area contributed by atoms with Crippen LogP contribution in [0.25, 0.3) is 0 Å². The van der Waals surface area contributed by atoms with E-state index >= 15 is 0 Å². The molecule has 88 heavy (non-hydrogen) atoms. The molecule has 0 amide bonds. The molecule has 0 rings (SSSR count). The topological polar surface area (TPSA) is 111 Å². The maximum absolute atomic E-state index is 12.8. The van der Waals surface area contributed by atoms with Crippen molar-refractivity contribution in [2.24, 2.45) is 0 Å². The van der Waals surface area contributed by atoms with Crippen LogP contribution in [0.15, 0.2) is 158 Å². The lowest BCUT2D eigenvalue weighted by Crippen LogP contribution is -2.37. The first-order valence-corrected chi connectivity index (χ1v) is 36.7. The van der Waals surface area contributed by atoms with E-state index < -0.39 is 32.5 Å². The fourth-order valence-electron chi connectivity index (χ4n) is 9.16. The first-order chi connectivity index (χ1) is 43.0. The van der Waals surface area contributed by atoms with E-state index in [-0.39, 0.29) is 26.1 Å². The smallest absolute Gasteiger partial charge is 0.306 e. The number of esters is 2. The average molecular weight is 1240 g/mol. The number of nitrogens with zero attached hydrogens (tertiary/aromatic N) is 1. The first kappa shape index (κ1) is 83.6. The predicted octanol–water partition coefficient (Wildman–Crippen LogP) is 22.5. The average Bonchev–Trinajstić information content (AvgIpc) is 3.56. The van der Waals surface area contributed by atoms with E-state index in [1.54, 1.807) is 0 Å². The normalized spacial score (nSPS) is 14.1. The van der Waals surface area contributed by atoms with Crippen molar-refractivity contribution in [2.45, 2.75) is 277 Å². The van der Waals surface area contributed by atoms with Gasteiger partial charge in [-0.15, -0.1) is 0 Å². The molecule has 0 N–H and O–H groups in total. The molecule has 0 aliphatic rings. The molecule has 0 aromatic rings. The van der Waals surface area contributed by atoms with Crippen LogP contribution in [0.4, 0.5) is 0 Å². The number of phosphoric ester groups is 1. The summed E-state index contributed by atoms with van der Waals surface area (Å²) < 4.78 is 34.2. The Hall–Kier alpha value is -4.37. The lowest BCUT2D eigenvalue weighted by molar-refractivity contribution is -0.870. The third-order valence-corrected chi connectivity index (χ3v) is 15.5. The number of phosphoric acid groups is 1. The molecule has 0 spiro atoms. The zero-order valence-electron chi connectivity index (χ0n) is 56.9. The summed E-state index contributed by atoms with van der Waals surface area (Å²) in [6, 6.07) is 0. The van der Waals surface area contributed by atoms with E-state index in [2.05, 4.69) is 172 Å². The van der Waals surface area contributed by atoms with Gasteiger partial charge in [0, 0.05) is 12.8 Å². The second-order valence-electron chi connectivity index (χ2n) is 24.2. The minimum Gasteiger partial charge on any atom is -0.756 e. The molecule has 0 fully saturated rings. The Balaban J connectivity index is 4.19. The molecule has 0 bridgehead atoms. The standard InChI is InChI=1S/C78H130NO8P/c1-6-8-10-12-14-16-18-20-22-24-26-28-30-32-34-36-38-39-41-43-45-47-49-51-53-55-57-59-61-63-65-67-69-71-78(81)87-76(75-86-88(82,83)85-73-72-79(3,4)5)74-84-77(80)70-68-66-64-62-60-58-56-54-52-50-48-46-44-42-40-37-35-33-31-29-27-25-23-21-19-17-15-13-11-9-7-2/h8,10,14,16,19-22,25-28,31-34,38-39,43,45,49,51,55,57,61,63,76H,6-7,9,11-13,15,17-18,23-24,29-30,35-37,40-42,44,46-48,50,52-54,56,58-60,62,64-75H2,1-5H3/b10-8-,16-14-,21-19-,22-20-,27-25-,28-26-,33-31-,34-32-,39-38-,45-43-,51-49-,57-55-,63-61-. The van der Waals surface area contributed by atoms with Crippen LogP contribution < -0.4 is 4.89 Å².